The number of aryl methyl sites for hydroxylation is 3. The van der Waals surface area contributed by atoms with E-state index >= 15 is 0 Å². The fourth-order valence-electron chi connectivity index (χ4n) is 4.36. The van der Waals surface area contributed by atoms with E-state index in [1.54, 1.807) is 17.1 Å². The van der Waals surface area contributed by atoms with Crippen LogP contribution in [0.25, 0.3) is 0 Å². The van der Waals surface area contributed by atoms with Crippen molar-refractivity contribution in [1.29, 1.82) is 0 Å². The Labute approximate surface area is 219 Å². The molecule has 6 nitrogen and oxygen atoms in total. The molecule has 2 aliphatic rings. The second-order valence-corrected chi connectivity index (χ2v) is 10.6. The van der Waals surface area contributed by atoms with Crippen LogP contribution in [-0.4, -0.2) is 33.0 Å². The smallest absolute Gasteiger partial charge is 0.262 e. The monoisotopic (exact) mass is 514 g/mol. The molecule has 0 saturated carbocycles. The number of amides is 2. The van der Waals surface area contributed by atoms with Gasteiger partial charge in [0.1, 0.15) is 11.1 Å². The number of halogens is 1. The largest absolute Gasteiger partial charge is 0.326 e. The van der Waals surface area contributed by atoms with Crippen LogP contribution in [0.3, 0.4) is 0 Å². The summed E-state index contributed by atoms with van der Waals surface area (Å²) in [6.45, 7) is 6.03. The average Bonchev–Trinajstić information content (AvgIpc) is 3.46. The quantitative estimate of drug-likeness (QED) is 0.458. The summed E-state index contributed by atoms with van der Waals surface area (Å²) in [5.74, 6) is -0.913. The predicted molar refractivity (Wildman–Crippen MR) is 146 cm³/mol. The van der Waals surface area contributed by atoms with Gasteiger partial charge in [-0.25, -0.2) is 9.40 Å². The molecular weight excluding hydrogens is 487 g/mol. The van der Waals surface area contributed by atoms with Crippen LogP contribution in [0, 0.1) is 26.6 Å². The standard InChI is InChI=1S/C29H27FN4O2S/c1-17-4-7-20(8-5-17)24-15-25(21-9-11-22(30)12-10-21)34(33-24)29-32-28(36)26(37-29)16-27(35)31-23-13-6-18(2)19(3)14-23/h4-14,25-26H,15-16H2,1-3H3,(H,31,35)/t25-,26+/m0/s1. The van der Waals surface area contributed by atoms with Crippen LogP contribution in [0.2, 0.25) is 0 Å². The molecule has 0 radical (unpaired) electrons. The number of nitrogens with zero attached hydrogens (tertiary/aromatic N) is 3. The number of hydrogen-bond donors (Lipinski definition) is 1. The number of amidine groups is 1. The van der Waals surface area contributed by atoms with Crippen LogP contribution in [0.1, 0.15) is 46.7 Å². The molecular formula is C29H27FN4O2S. The fraction of sp³-hybridized carbons (Fsp3) is 0.241. The molecule has 188 valence electrons. The number of benzene rings is 3. The first kappa shape index (κ1) is 24.9. The second kappa shape index (κ2) is 10.3. The maximum absolute atomic E-state index is 13.6. The first-order valence-electron chi connectivity index (χ1n) is 12.1. The Morgan fingerprint density at radius 3 is 2.46 bits per heavy atom. The molecule has 1 N–H and O–H groups in total. The van der Waals surface area contributed by atoms with Crippen LogP contribution >= 0.6 is 11.8 Å². The molecule has 3 aromatic rings. The number of rotatable bonds is 5. The van der Waals surface area contributed by atoms with Gasteiger partial charge in [0.25, 0.3) is 5.91 Å². The molecule has 3 aromatic carbocycles. The number of aliphatic imine (C=N–C) groups is 1. The fourth-order valence-corrected chi connectivity index (χ4v) is 5.42. The summed E-state index contributed by atoms with van der Waals surface area (Å²) in [5.41, 5.74) is 6.80. The number of hydrogen-bond acceptors (Lipinski definition) is 5. The lowest BCUT2D eigenvalue weighted by Gasteiger charge is -2.23. The Bertz CT molecular complexity index is 1420. The van der Waals surface area contributed by atoms with Crippen molar-refractivity contribution in [2.24, 2.45) is 10.1 Å². The van der Waals surface area contributed by atoms with E-state index in [1.165, 1.54) is 23.9 Å². The summed E-state index contributed by atoms with van der Waals surface area (Å²) >= 11 is 1.25. The van der Waals surface area contributed by atoms with Crippen LogP contribution in [0.5, 0.6) is 0 Å². The summed E-state index contributed by atoms with van der Waals surface area (Å²) in [6, 6.07) is 19.9. The van der Waals surface area contributed by atoms with Gasteiger partial charge in [0, 0.05) is 18.5 Å². The van der Waals surface area contributed by atoms with Crippen LogP contribution in [0.4, 0.5) is 10.1 Å². The summed E-state index contributed by atoms with van der Waals surface area (Å²) in [7, 11) is 0. The van der Waals surface area contributed by atoms with Crippen LogP contribution in [-0.2, 0) is 9.59 Å². The third-order valence-corrected chi connectivity index (χ3v) is 7.78. The molecule has 5 rings (SSSR count). The van der Waals surface area contributed by atoms with Gasteiger partial charge in [-0.15, -0.1) is 0 Å². The SMILES string of the molecule is Cc1ccc(C2=NN(C3=NC(=O)[C@@H](CC(=O)Nc4ccc(C)c(C)c4)S3)[C@H](c3ccc(F)cc3)C2)cc1. The molecule has 0 aliphatic carbocycles. The van der Waals surface area contributed by atoms with Crippen molar-refractivity contribution in [3.8, 4) is 0 Å². The third-order valence-electron chi connectivity index (χ3n) is 6.64. The van der Waals surface area contributed by atoms with Crippen molar-refractivity contribution in [3.63, 3.8) is 0 Å². The van der Waals surface area contributed by atoms with Gasteiger partial charge in [0.05, 0.1) is 11.8 Å². The zero-order valence-corrected chi connectivity index (χ0v) is 21.7. The van der Waals surface area contributed by atoms with Crippen molar-refractivity contribution in [2.45, 2.75) is 44.9 Å². The molecule has 2 atom stereocenters. The van der Waals surface area contributed by atoms with Crippen LogP contribution < -0.4 is 5.32 Å². The predicted octanol–water partition coefficient (Wildman–Crippen LogP) is 5.93. The zero-order chi connectivity index (χ0) is 26.1. The van der Waals surface area contributed by atoms with Gasteiger partial charge in [-0.1, -0.05) is 59.8 Å². The Morgan fingerprint density at radius 1 is 1.03 bits per heavy atom. The maximum Gasteiger partial charge on any atom is 0.262 e. The van der Waals surface area contributed by atoms with Crippen molar-refractivity contribution in [1.82, 2.24) is 5.01 Å². The van der Waals surface area contributed by atoms with Gasteiger partial charge >= 0.3 is 0 Å². The van der Waals surface area contributed by atoms with Crippen molar-refractivity contribution in [3.05, 3.63) is 100 Å². The average molecular weight is 515 g/mol. The number of carbonyl (C=O) groups is 2. The summed E-state index contributed by atoms with van der Waals surface area (Å²) in [6.07, 6.45) is 0.591. The topological polar surface area (TPSA) is 74.1 Å². The minimum atomic E-state index is -0.631. The molecule has 0 spiro atoms. The van der Waals surface area contributed by atoms with E-state index in [2.05, 4.69) is 10.3 Å². The van der Waals surface area contributed by atoms with E-state index in [0.717, 1.165) is 33.5 Å². The minimum Gasteiger partial charge on any atom is -0.326 e. The highest BCUT2D eigenvalue weighted by molar-refractivity contribution is 8.15. The van der Waals surface area contributed by atoms with Gasteiger partial charge < -0.3 is 5.32 Å². The number of nitrogens with one attached hydrogen (secondary N) is 1. The van der Waals surface area contributed by atoms with E-state index in [0.29, 0.717) is 17.3 Å². The molecule has 8 heteroatoms. The van der Waals surface area contributed by atoms with E-state index in [9.17, 15) is 14.0 Å². The first-order chi connectivity index (χ1) is 17.8. The molecule has 37 heavy (non-hydrogen) atoms. The lowest BCUT2D eigenvalue weighted by atomic mass is 9.98. The van der Waals surface area contributed by atoms with Gasteiger partial charge in [-0.05, 0) is 67.3 Å². The second-order valence-electron chi connectivity index (χ2n) is 9.42. The molecule has 0 saturated heterocycles. The minimum absolute atomic E-state index is 0.00696. The number of carbonyl (C=O) groups excluding carboxylic acids is 2. The highest BCUT2D eigenvalue weighted by Gasteiger charge is 2.39. The van der Waals surface area contributed by atoms with Gasteiger partial charge in [0.15, 0.2) is 5.17 Å². The van der Waals surface area contributed by atoms with Gasteiger partial charge in [-0.3, -0.25) is 9.59 Å². The lowest BCUT2D eigenvalue weighted by Crippen LogP contribution is -2.25. The van der Waals surface area contributed by atoms with Crippen molar-refractivity contribution < 1.29 is 14.0 Å². The molecule has 0 fully saturated rings. The molecule has 2 aliphatic heterocycles. The van der Waals surface area contributed by atoms with E-state index in [4.69, 9.17) is 5.10 Å². The molecule has 0 aromatic heterocycles. The molecule has 0 unspecified atom stereocenters. The highest BCUT2D eigenvalue weighted by atomic mass is 32.2. The van der Waals surface area contributed by atoms with E-state index < -0.39 is 5.25 Å². The normalized spacial score (nSPS) is 19.1. The number of thioether (sulfide) groups is 1. The first-order valence-corrected chi connectivity index (χ1v) is 13.0. The molecule has 2 heterocycles. The Hall–Kier alpha value is -3.78. The lowest BCUT2D eigenvalue weighted by molar-refractivity contribution is -0.121. The summed E-state index contributed by atoms with van der Waals surface area (Å²) in [5, 5.41) is 9.28. The number of hydrazone groups is 1. The van der Waals surface area contributed by atoms with Crippen molar-refractivity contribution in [2.75, 3.05) is 5.32 Å². The Kier molecular flexibility index (Phi) is 6.93. The van der Waals surface area contributed by atoms with Crippen molar-refractivity contribution >= 4 is 40.1 Å². The number of anilines is 1. The van der Waals surface area contributed by atoms with Gasteiger partial charge in [0.2, 0.25) is 5.91 Å². The summed E-state index contributed by atoms with van der Waals surface area (Å²) in [4.78, 5) is 29.8. The zero-order valence-electron chi connectivity index (χ0n) is 20.9. The van der Waals surface area contributed by atoms with E-state index in [-0.39, 0.29) is 30.1 Å². The highest BCUT2D eigenvalue weighted by Crippen LogP contribution is 2.38. The van der Waals surface area contributed by atoms with E-state index in [1.807, 2.05) is 63.2 Å². The maximum atomic E-state index is 13.6. The molecule has 2 amide bonds. The third kappa shape index (κ3) is 5.49. The Morgan fingerprint density at radius 2 is 1.76 bits per heavy atom. The summed E-state index contributed by atoms with van der Waals surface area (Å²) < 4.78 is 13.6. The van der Waals surface area contributed by atoms with Gasteiger partial charge in [-0.2, -0.15) is 10.1 Å². The molecule has 0 bridgehead atoms. The van der Waals surface area contributed by atoms with Crippen LogP contribution in [0.15, 0.2) is 76.8 Å². The Balaban J connectivity index is 1.34.